The summed E-state index contributed by atoms with van der Waals surface area (Å²) in [4.78, 5) is 0.225. The molecule has 0 aliphatic carbocycles. The Morgan fingerprint density at radius 3 is 2.17 bits per heavy atom. The van der Waals surface area contributed by atoms with Gasteiger partial charge in [0, 0.05) is 0 Å². The lowest BCUT2D eigenvalue weighted by atomic mass is 10.2. The second-order valence-electron chi connectivity index (χ2n) is 2.57. The lowest BCUT2D eigenvalue weighted by Gasteiger charge is -1.99. The monoisotopic (exact) mass is 184 g/mol. The molecule has 0 amide bonds. The van der Waals surface area contributed by atoms with E-state index in [2.05, 4.69) is 0 Å². The van der Waals surface area contributed by atoms with Crippen molar-refractivity contribution < 1.29 is 8.42 Å². The number of rotatable bonds is 2. The highest BCUT2D eigenvalue weighted by Crippen LogP contribution is 2.10. The lowest BCUT2D eigenvalue weighted by Crippen LogP contribution is -2.06. The average Bonchev–Trinajstić information content (AvgIpc) is 2.05. The highest BCUT2D eigenvalue weighted by Gasteiger charge is 2.10. The third-order valence-corrected chi connectivity index (χ3v) is 2.94. The van der Waals surface area contributed by atoms with Gasteiger partial charge in [0.05, 0.1) is 4.90 Å². The van der Waals surface area contributed by atoms with Gasteiger partial charge in [-0.3, -0.25) is 0 Å². The van der Waals surface area contributed by atoms with Gasteiger partial charge >= 0.3 is 0 Å². The number of benzene rings is 1. The van der Waals surface area contributed by atoms with Crippen LogP contribution in [0.15, 0.2) is 29.2 Å². The average molecular weight is 184 g/mol. The van der Waals surface area contributed by atoms with Crippen LogP contribution in [0.5, 0.6) is 0 Å². The van der Waals surface area contributed by atoms with Crippen molar-refractivity contribution >= 4 is 9.84 Å². The summed E-state index contributed by atoms with van der Waals surface area (Å²) in [7, 11) is -3.35. The Kier molecular flexibility index (Phi) is 2.49. The van der Waals surface area contributed by atoms with Crippen molar-refractivity contribution in [2.45, 2.75) is 11.8 Å². The molecule has 0 heterocycles. The summed E-state index contributed by atoms with van der Waals surface area (Å²) in [5, 5.41) is 0. The van der Waals surface area contributed by atoms with Crippen molar-refractivity contribution in [3.8, 4) is 0 Å². The Hall–Kier alpha value is -0.870. The third-order valence-electron chi connectivity index (χ3n) is 1.57. The van der Waals surface area contributed by atoms with Crippen LogP contribution in [0.25, 0.3) is 0 Å². The highest BCUT2D eigenvalue weighted by atomic mass is 32.2. The second kappa shape index (κ2) is 3.25. The predicted octanol–water partition coefficient (Wildman–Crippen LogP) is 1.01. The molecule has 1 radical (unpaired) electrons. The van der Waals surface area contributed by atoms with E-state index in [9.17, 15) is 8.42 Å². The minimum absolute atomic E-state index is 0.225. The molecular weight excluding hydrogens is 174 g/mol. The van der Waals surface area contributed by atoms with Crippen LogP contribution in [0.2, 0.25) is 0 Å². The number of hydrogen-bond acceptors (Lipinski definition) is 2. The first-order valence-electron chi connectivity index (χ1n) is 3.50. The van der Waals surface area contributed by atoms with E-state index in [-0.39, 0.29) is 4.90 Å². The van der Waals surface area contributed by atoms with E-state index in [1.165, 1.54) is 12.1 Å². The maximum absolute atomic E-state index is 11.1. The smallest absolute Gasteiger partial charge is 0.192 e. The maximum atomic E-state index is 11.1. The largest absolute Gasteiger partial charge is 0.241 e. The first-order chi connectivity index (χ1) is 5.56. The third kappa shape index (κ3) is 1.84. The molecule has 65 valence electrons. The van der Waals surface area contributed by atoms with Crippen LogP contribution in [-0.4, -0.2) is 14.3 Å². The van der Waals surface area contributed by atoms with E-state index in [1.807, 2.05) is 6.92 Å². The van der Waals surface area contributed by atoms with Crippen LogP contribution in [0.4, 0.5) is 0 Å². The molecule has 0 aliphatic heterocycles. The Bertz CT molecular complexity index is 353. The summed E-state index contributed by atoms with van der Waals surface area (Å²) in [5.41, 5.74) is 7.82. The fraction of sp³-hybridized carbons (Fsp3) is 0.250. The van der Waals surface area contributed by atoms with Crippen LogP contribution in [0, 0.1) is 6.92 Å². The fourth-order valence-electron chi connectivity index (χ4n) is 0.829. The molecule has 0 aromatic heterocycles. The molecule has 0 unspecified atom stereocenters. The van der Waals surface area contributed by atoms with Gasteiger partial charge in [0.25, 0.3) is 0 Å². The van der Waals surface area contributed by atoms with Gasteiger partial charge in [0.2, 0.25) is 0 Å². The van der Waals surface area contributed by atoms with Crippen molar-refractivity contribution in [3.05, 3.63) is 29.8 Å². The molecule has 4 heteroatoms. The molecule has 1 aromatic carbocycles. The van der Waals surface area contributed by atoms with E-state index < -0.39 is 15.7 Å². The first kappa shape index (κ1) is 9.22. The molecule has 0 fully saturated rings. The number of sulfone groups is 1. The maximum Gasteiger partial charge on any atom is 0.192 e. The molecular formula is C8H10NO2S. The standard InChI is InChI=1S/C8H10NO2S/c1-7-2-4-8(5-3-7)12(10,11)6-9/h2-5,9H,6H2,1H3. The molecule has 0 atom stereocenters. The van der Waals surface area contributed by atoms with Crippen LogP contribution in [0.1, 0.15) is 5.56 Å². The van der Waals surface area contributed by atoms with Gasteiger partial charge in [-0.05, 0) is 19.1 Å². The van der Waals surface area contributed by atoms with Crippen molar-refractivity contribution in [3.63, 3.8) is 0 Å². The van der Waals surface area contributed by atoms with E-state index in [1.54, 1.807) is 12.1 Å². The van der Waals surface area contributed by atoms with Crippen molar-refractivity contribution in [2.24, 2.45) is 0 Å². The van der Waals surface area contributed by atoms with E-state index in [0.717, 1.165) is 5.56 Å². The summed E-state index contributed by atoms with van der Waals surface area (Å²) in [6.07, 6.45) is 0. The Morgan fingerprint density at radius 1 is 1.25 bits per heavy atom. The van der Waals surface area contributed by atoms with Crippen molar-refractivity contribution in [1.82, 2.24) is 5.73 Å². The van der Waals surface area contributed by atoms with E-state index >= 15 is 0 Å². The van der Waals surface area contributed by atoms with Gasteiger partial charge in [-0.15, -0.1) is 0 Å². The van der Waals surface area contributed by atoms with E-state index in [4.69, 9.17) is 5.73 Å². The number of hydrogen-bond donors (Lipinski definition) is 0. The number of aryl methyl sites for hydroxylation is 1. The molecule has 1 aromatic rings. The summed E-state index contributed by atoms with van der Waals surface area (Å²) in [6, 6.07) is 6.50. The van der Waals surface area contributed by atoms with Gasteiger partial charge in [-0.2, -0.15) is 0 Å². The summed E-state index contributed by atoms with van der Waals surface area (Å²) < 4.78 is 22.2. The molecule has 1 N–H and O–H groups in total. The minimum Gasteiger partial charge on any atom is -0.241 e. The lowest BCUT2D eigenvalue weighted by molar-refractivity contribution is 0.595. The van der Waals surface area contributed by atoms with Crippen LogP contribution in [0.3, 0.4) is 0 Å². The van der Waals surface area contributed by atoms with Gasteiger partial charge in [-0.25, -0.2) is 14.2 Å². The highest BCUT2D eigenvalue weighted by molar-refractivity contribution is 7.91. The zero-order valence-electron chi connectivity index (χ0n) is 6.74. The first-order valence-corrected chi connectivity index (χ1v) is 5.15. The van der Waals surface area contributed by atoms with Gasteiger partial charge in [-0.1, -0.05) is 17.7 Å². The molecule has 3 nitrogen and oxygen atoms in total. The Labute approximate surface area is 72.1 Å². The molecule has 0 spiro atoms. The van der Waals surface area contributed by atoms with Gasteiger partial charge in [0.15, 0.2) is 9.84 Å². The summed E-state index contributed by atoms with van der Waals surface area (Å²) in [6.45, 7) is 1.89. The Morgan fingerprint density at radius 2 is 1.75 bits per heavy atom. The second-order valence-corrected chi connectivity index (χ2v) is 4.56. The predicted molar refractivity (Wildman–Crippen MR) is 46.3 cm³/mol. The van der Waals surface area contributed by atoms with Crippen molar-refractivity contribution in [2.75, 3.05) is 5.88 Å². The fourth-order valence-corrected chi connectivity index (χ4v) is 1.55. The SMILES string of the molecule is Cc1ccc(S(=O)(=O)C[NH])cc1. The minimum atomic E-state index is -3.35. The summed E-state index contributed by atoms with van der Waals surface area (Å²) >= 11 is 0. The van der Waals surface area contributed by atoms with Crippen LogP contribution < -0.4 is 5.73 Å². The molecule has 0 saturated carbocycles. The quantitative estimate of drug-likeness (QED) is 0.688. The van der Waals surface area contributed by atoms with Crippen LogP contribution in [-0.2, 0) is 9.84 Å². The Balaban J connectivity index is 3.14. The van der Waals surface area contributed by atoms with E-state index in [0.29, 0.717) is 0 Å². The molecule has 0 aliphatic rings. The zero-order valence-corrected chi connectivity index (χ0v) is 7.56. The summed E-state index contributed by atoms with van der Waals surface area (Å²) in [5.74, 6) is -0.587. The molecule has 1 rings (SSSR count). The van der Waals surface area contributed by atoms with Gasteiger partial charge < -0.3 is 0 Å². The molecule has 0 bridgehead atoms. The normalized spacial score (nSPS) is 11.5. The molecule has 0 saturated heterocycles. The number of nitrogens with one attached hydrogen (secondary N) is 1. The van der Waals surface area contributed by atoms with Crippen molar-refractivity contribution in [1.29, 1.82) is 0 Å². The molecule has 12 heavy (non-hydrogen) atoms. The van der Waals surface area contributed by atoms with Gasteiger partial charge in [0.1, 0.15) is 5.88 Å². The topological polar surface area (TPSA) is 57.9 Å². The zero-order chi connectivity index (χ0) is 9.19. The van der Waals surface area contributed by atoms with Crippen LogP contribution >= 0.6 is 0 Å².